The molecule has 0 fully saturated rings. The fourth-order valence-electron chi connectivity index (χ4n) is 2.36. The van der Waals surface area contributed by atoms with Gasteiger partial charge in [-0.2, -0.15) is 0 Å². The summed E-state index contributed by atoms with van der Waals surface area (Å²) in [7, 11) is 0. The van der Waals surface area contributed by atoms with E-state index in [-0.39, 0.29) is 5.91 Å². The van der Waals surface area contributed by atoms with Crippen LogP contribution < -0.4 is 4.90 Å². The Labute approximate surface area is 140 Å². The van der Waals surface area contributed by atoms with Gasteiger partial charge in [0.15, 0.2) is 0 Å². The molecular weight excluding hydrogens is 408 g/mol. The summed E-state index contributed by atoms with van der Waals surface area (Å²) < 4.78 is 1.14. The molecule has 0 spiro atoms. The first-order valence-corrected chi connectivity index (χ1v) is 7.91. The Hall–Kier alpha value is -0.780. The van der Waals surface area contributed by atoms with Crippen molar-refractivity contribution in [3.63, 3.8) is 0 Å². The third-order valence-corrected chi connectivity index (χ3v) is 4.59. The molecule has 2 aromatic carbocycles. The molecule has 0 atom stereocenters. The highest BCUT2D eigenvalue weighted by Crippen LogP contribution is 2.33. The minimum absolute atomic E-state index is 0.0954. The third kappa shape index (κ3) is 2.67. The number of rotatable bonds is 2. The maximum absolute atomic E-state index is 12.2. The average molecular weight is 418 g/mol. The van der Waals surface area contributed by atoms with Gasteiger partial charge in [-0.15, -0.1) is 0 Å². The van der Waals surface area contributed by atoms with Crippen molar-refractivity contribution in [1.82, 2.24) is 0 Å². The van der Waals surface area contributed by atoms with Crippen LogP contribution in [-0.2, 0) is 17.8 Å². The second kappa shape index (κ2) is 5.54. The number of fused-ring (bicyclic) bond motifs is 1. The van der Waals surface area contributed by atoms with Gasteiger partial charge < -0.3 is 4.90 Å². The van der Waals surface area contributed by atoms with Gasteiger partial charge in [0.2, 0.25) is 5.91 Å². The Kier molecular flexibility index (Phi) is 3.93. The van der Waals surface area contributed by atoms with E-state index in [4.69, 9.17) is 23.2 Å². The Morgan fingerprint density at radius 2 is 1.95 bits per heavy atom. The van der Waals surface area contributed by atoms with Gasteiger partial charge in [-0.25, -0.2) is 0 Å². The number of carbonyl (C=O) groups is 1. The summed E-state index contributed by atoms with van der Waals surface area (Å²) >= 11 is 14.4. The Bertz CT molecular complexity index is 702. The lowest BCUT2D eigenvalue weighted by atomic mass is 10.1. The van der Waals surface area contributed by atoms with Gasteiger partial charge >= 0.3 is 0 Å². The van der Waals surface area contributed by atoms with Crippen LogP contribution in [0.15, 0.2) is 36.4 Å². The summed E-state index contributed by atoms with van der Waals surface area (Å²) in [5, 5.41) is 1.25. The highest BCUT2D eigenvalue weighted by Gasteiger charge is 2.27. The summed E-state index contributed by atoms with van der Waals surface area (Å²) in [6, 6.07) is 11.4. The lowest BCUT2D eigenvalue weighted by molar-refractivity contribution is -0.117. The number of carbonyl (C=O) groups excluding carboxylic acids is 1. The van der Waals surface area contributed by atoms with Crippen molar-refractivity contribution in [2.75, 3.05) is 4.90 Å². The fourth-order valence-corrected chi connectivity index (χ4v) is 3.29. The van der Waals surface area contributed by atoms with E-state index in [9.17, 15) is 4.79 Å². The molecule has 1 amide bonds. The summed E-state index contributed by atoms with van der Waals surface area (Å²) in [4.78, 5) is 14.0. The zero-order valence-corrected chi connectivity index (χ0v) is 14.0. The molecule has 0 radical (unpaired) electrons. The van der Waals surface area contributed by atoms with E-state index in [1.807, 2.05) is 24.3 Å². The largest absolute Gasteiger partial charge is 0.307 e. The summed E-state index contributed by atoms with van der Waals surface area (Å²) in [6.07, 6.45) is 0.449. The van der Waals surface area contributed by atoms with Gasteiger partial charge in [0, 0.05) is 19.3 Å². The van der Waals surface area contributed by atoms with Crippen molar-refractivity contribution in [3.05, 3.63) is 61.1 Å². The highest BCUT2D eigenvalue weighted by molar-refractivity contribution is 14.1. The van der Waals surface area contributed by atoms with Crippen LogP contribution in [0.4, 0.5) is 5.69 Å². The molecule has 1 aliphatic rings. The van der Waals surface area contributed by atoms with Gasteiger partial charge in [-0.05, 0) is 70.1 Å². The monoisotopic (exact) mass is 417 g/mol. The third-order valence-electron chi connectivity index (χ3n) is 3.31. The van der Waals surface area contributed by atoms with Crippen molar-refractivity contribution < 1.29 is 4.79 Å². The second-order valence-corrected chi connectivity index (χ2v) is 6.75. The molecular formula is C15H10Cl2INO. The Morgan fingerprint density at radius 3 is 2.75 bits per heavy atom. The van der Waals surface area contributed by atoms with E-state index in [1.54, 1.807) is 17.0 Å². The standard InChI is InChI=1S/C15H10Cl2INO/c16-11-1-3-13(17)10(5-11)8-19-14-4-2-12(18)6-9(14)7-15(19)20/h1-6H,7-8H2. The second-order valence-electron chi connectivity index (χ2n) is 4.67. The zero-order chi connectivity index (χ0) is 14.3. The first-order chi connectivity index (χ1) is 9.54. The van der Waals surface area contributed by atoms with E-state index >= 15 is 0 Å². The minimum Gasteiger partial charge on any atom is -0.307 e. The molecule has 102 valence electrons. The number of amides is 1. The van der Waals surface area contributed by atoms with E-state index < -0.39 is 0 Å². The normalized spacial score (nSPS) is 13.8. The van der Waals surface area contributed by atoms with Crippen molar-refractivity contribution in [1.29, 1.82) is 0 Å². The molecule has 1 aliphatic heterocycles. The van der Waals surface area contributed by atoms with Crippen LogP contribution in [0.25, 0.3) is 0 Å². The number of nitrogens with zero attached hydrogens (tertiary/aromatic N) is 1. The maximum atomic E-state index is 12.2. The topological polar surface area (TPSA) is 20.3 Å². The number of anilines is 1. The van der Waals surface area contributed by atoms with Crippen LogP contribution in [0.2, 0.25) is 10.0 Å². The first-order valence-electron chi connectivity index (χ1n) is 6.07. The van der Waals surface area contributed by atoms with Crippen LogP contribution in [0.5, 0.6) is 0 Å². The van der Waals surface area contributed by atoms with Crippen molar-refractivity contribution in [2.24, 2.45) is 0 Å². The van der Waals surface area contributed by atoms with Crippen molar-refractivity contribution in [3.8, 4) is 0 Å². The van der Waals surface area contributed by atoms with Gasteiger partial charge in [0.25, 0.3) is 0 Å². The fraction of sp³-hybridized carbons (Fsp3) is 0.133. The molecule has 20 heavy (non-hydrogen) atoms. The van der Waals surface area contributed by atoms with Gasteiger partial charge in [0.05, 0.1) is 13.0 Å². The van der Waals surface area contributed by atoms with Crippen LogP contribution in [-0.4, -0.2) is 5.91 Å². The van der Waals surface area contributed by atoms with Gasteiger partial charge in [-0.3, -0.25) is 4.79 Å². The predicted octanol–water partition coefficient (Wildman–Crippen LogP) is 4.69. The molecule has 0 N–H and O–H groups in total. The zero-order valence-electron chi connectivity index (χ0n) is 10.4. The average Bonchev–Trinajstić information content (AvgIpc) is 2.69. The Morgan fingerprint density at radius 1 is 1.15 bits per heavy atom. The number of benzene rings is 2. The molecule has 2 aromatic rings. The molecule has 0 aromatic heterocycles. The number of halogens is 3. The van der Waals surface area contributed by atoms with E-state index in [2.05, 4.69) is 22.6 Å². The van der Waals surface area contributed by atoms with E-state index in [0.29, 0.717) is 23.0 Å². The molecule has 2 nitrogen and oxygen atoms in total. The van der Waals surface area contributed by atoms with Crippen LogP contribution in [0.1, 0.15) is 11.1 Å². The quantitative estimate of drug-likeness (QED) is 0.649. The molecule has 1 heterocycles. The molecule has 0 saturated heterocycles. The number of hydrogen-bond donors (Lipinski definition) is 0. The summed E-state index contributed by atoms with van der Waals surface area (Å²) in [5.74, 6) is 0.0954. The van der Waals surface area contributed by atoms with Crippen molar-refractivity contribution in [2.45, 2.75) is 13.0 Å². The smallest absolute Gasteiger partial charge is 0.231 e. The Balaban J connectivity index is 1.96. The summed E-state index contributed by atoms with van der Waals surface area (Å²) in [5.41, 5.74) is 2.89. The molecule has 0 bridgehead atoms. The maximum Gasteiger partial charge on any atom is 0.231 e. The minimum atomic E-state index is 0.0954. The lowest BCUT2D eigenvalue weighted by Gasteiger charge is -2.18. The lowest BCUT2D eigenvalue weighted by Crippen LogP contribution is -2.26. The SMILES string of the molecule is O=C1Cc2cc(I)ccc2N1Cc1cc(Cl)ccc1Cl. The highest BCUT2D eigenvalue weighted by atomic mass is 127. The predicted molar refractivity (Wildman–Crippen MR) is 90.5 cm³/mol. The molecule has 3 rings (SSSR count). The van der Waals surface area contributed by atoms with Gasteiger partial charge in [-0.1, -0.05) is 23.2 Å². The van der Waals surface area contributed by atoms with Gasteiger partial charge in [0.1, 0.15) is 0 Å². The van der Waals surface area contributed by atoms with Crippen LogP contribution in [0, 0.1) is 3.57 Å². The molecule has 0 unspecified atom stereocenters. The molecule has 0 aliphatic carbocycles. The van der Waals surface area contributed by atoms with E-state index in [0.717, 1.165) is 20.4 Å². The molecule has 5 heteroatoms. The summed E-state index contributed by atoms with van der Waals surface area (Å²) in [6.45, 7) is 0.450. The van der Waals surface area contributed by atoms with Crippen LogP contribution in [0.3, 0.4) is 0 Å². The van der Waals surface area contributed by atoms with Crippen molar-refractivity contribution >= 4 is 57.4 Å². The van der Waals surface area contributed by atoms with E-state index in [1.165, 1.54) is 0 Å². The first kappa shape index (κ1) is 14.2. The number of hydrogen-bond acceptors (Lipinski definition) is 1. The van der Waals surface area contributed by atoms with Crippen LogP contribution >= 0.6 is 45.8 Å². The molecule has 0 saturated carbocycles.